The first-order valence-corrected chi connectivity index (χ1v) is 8.51. The number of furan rings is 1. The monoisotopic (exact) mass is 306 g/mol. The normalized spacial score (nSPS) is 17.6. The summed E-state index contributed by atoms with van der Waals surface area (Å²) < 4.78 is 5.33. The number of piperidine rings is 1. The molecule has 1 aromatic rings. The zero-order valence-electron chi connectivity index (χ0n) is 14.0. The summed E-state index contributed by atoms with van der Waals surface area (Å²) in [5.41, 5.74) is 0. The van der Waals surface area contributed by atoms with E-state index in [-0.39, 0.29) is 0 Å². The van der Waals surface area contributed by atoms with Crippen molar-refractivity contribution in [3.8, 4) is 0 Å². The van der Waals surface area contributed by atoms with E-state index in [4.69, 9.17) is 4.42 Å². The van der Waals surface area contributed by atoms with E-state index in [0.717, 1.165) is 37.1 Å². The van der Waals surface area contributed by atoms with Crippen LogP contribution in [0, 0.1) is 5.92 Å². The fraction of sp³-hybridized carbons (Fsp3) is 0.706. The quantitative estimate of drug-likeness (QED) is 0.598. The first-order valence-electron chi connectivity index (χ1n) is 8.51. The molecule has 0 bridgehead atoms. The minimum Gasteiger partial charge on any atom is -0.469 e. The van der Waals surface area contributed by atoms with Gasteiger partial charge in [-0.3, -0.25) is 4.99 Å². The van der Waals surface area contributed by atoms with Crippen LogP contribution in [0.1, 0.15) is 31.9 Å². The second kappa shape index (κ2) is 9.51. The molecule has 1 aromatic heterocycles. The molecule has 0 radical (unpaired) electrons. The van der Waals surface area contributed by atoms with Crippen molar-refractivity contribution in [1.29, 1.82) is 0 Å². The Labute approximate surface area is 134 Å². The number of nitrogens with zero attached hydrogens (tertiary/aromatic N) is 2. The van der Waals surface area contributed by atoms with E-state index < -0.39 is 0 Å². The van der Waals surface area contributed by atoms with E-state index in [1.165, 1.54) is 38.9 Å². The van der Waals surface area contributed by atoms with Gasteiger partial charge in [0, 0.05) is 26.6 Å². The van der Waals surface area contributed by atoms with Crippen LogP contribution in [0.25, 0.3) is 0 Å². The van der Waals surface area contributed by atoms with Crippen molar-refractivity contribution in [3.63, 3.8) is 0 Å². The molecule has 1 aliphatic heterocycles. The number of likely N-dealkylation sites (tertiary alicyclic amines) is 1. The maximum Gasteiger partial charge on any atom is 0.190 e. The van der Waals surface area contributed by atoms with Crippen molar-refractivity contribution >= 4 is 5.96 Å². The fourth-order valence-electron chi connectivity index (χ4n) is 2.95. The minimum absolute atomic E-state index is 0.761. The summed E-state index contributed by atoms with van der Waals surface area (Å²) >= 11 is 0. The lowest BCUT2D eigenvalue weighted by molar-refractivity contribution is 0.185. The molecule has 0 atom stereocenters. The predicted molar refractivity (Wildman–Crippen MR) is 91.2 cm³/mol. The van der Waals surface area contributed by atoms with E-state index >= 15 is 0 Å². The Morgan fingerprint density at radius 1 is 1.36 bits per heavy atom. The summed E-state index contributed by atoms with van der Waals surface area (Å²) in [5.74, 6) is 2.66. The zero-order valence-corrected chi connectivity index (χ0v) is 14.0. The van der Waals surface area contributed by atoms with E-state index in [1.807, 2.05) is 19.2 Å². The molecule has 5 heteroatoms. The summed E-state index contributed by atoms with van der Waals surface area (Å²) in [5, 5.41) is 6.80. The lowest BCUT2D eigenvalue weighted by Crippen LogP contribution is -2.43. The van der Waals surface area contributed by atoms with Crippen LogP contribution in [0.5, 0.6) is 0 Å². The highest BCUT2D eigenvalue weighted by Crippen LogP contribution is 2.16. The number of hydrogen-bond donors (Lipinski definition) is 2. The van der Waals surface area contributed by atoms with Crippen molar-refractivity contribution in [3.05, 3.63) is 24.2 Å². The van der Waals surface area contributed by atoms with Gasteiger partial charge in [-0.15, -0.1) is 0 Å². The lowest BCUT2D eigenvalue weighted by atomic mass is 9.97. The average Bonchev–Trinajstić information content (AvgIpc) is 3.06. The molecule has 0 spiro atoms. The molecule has 1 saturated heterocycles. The first-order chi connectivity index (χ1) is 10.8. The van der Waals surface area contributed by atoms with Crippen LogP contribution in [0.3, 0.4) is 0 Å². The highest BCUT2D eigenvalue weighted by Gasteiger charge is 2.18. The average molecular weight is 306 g/mol. The molecule has 0 saturated carbocycles. The van der Waals surface area contributed by atoms with Crippen molar-refractivity contribution in [2.75, 3.05) is 39.8 Å². The molecule has 2 N–H and O–H groups in total. The van der Waals surface area contributed by atoms with Crippen LogP contribution in [-0.4, -0.2) is 50.6 Å². The van der Waals surface area contributed by atoms with Gasteiger partial charge in [0.1, 0.15) is 5.76 Å². The van der Waals surface area contributed by atoms with Crippen LogP contribution in [0.2, 0.25) is 0 Å². The molecule has 5 nitrogen and oxygen atoms in total. The molecular weight excluding hydrogens is 276 g/mol. The number of hydrogen-bond acceptors (Lipinski definition) is 3. The van der Waals surface area contributed by atoms with Gasteiger partial charge < -0.3 is 20.0 Å². The lowest BCUT2D eigenvalue weighted by Gasteiger charge is -2.32. The van der Waals surface area contributed by atoms with Crippen LogP contribution in [-0.2, 0) is 6.42 Å². The number of nitrogens with one attached hydrogen (secondary N) is 2. The van der Waals surface area contributed by atoms with Gasteiger partial charge in [-0.25, -0.2) is 0 Å². The predicted octanol–water partition coefficient (Wildman–Crippen LogP) is 2.11. The minimum atomic E-state index is 0.761. The van der Waals surface area contributed by atoms with Gasteiger partial charge in [-0.2, -0.15) is 0 Å². The third-order valence-corrected chi connectivity index (χ3v) is 4.27. The number of aliphatic imine (C=N–C) groups is 1. The molecule has 2 heterocycles. The zero-order chi connectivity index (χ0) is 15.6. The third-order valence-electron chi connectivity index (χ3n) is 4.27. The van der Waals surface area contributed by atoms with Gasteiger partial charge in [0.25, 0.3) is 0 Å². The second-order valence-electron chi connectivity index (χ2n) is 5.99. The highest BCUT2D eigenvalue weighted by atomic mass is 16.3. The Hall–Kier alpha value is -1.49. The van der Waals surface area contributed by atoms with Crippen LogP contribution in [0.15, 0.2) is 27.8 Å². The Morgan fingerprint density at radius 2 is 2.18 bits per heavy atom. The van der Waals surface area contributed by atoms with Gasteiger partial charge in [0.05, 0.1) is 6.26 Å². The number of rotatable bonds is 7. The molecule has 22 heavy (non-hydrogen) atoms. The van der Waals surface area contributed by atoms with Gasteiger partial charge in [-0.05, 0) is 56.9 Å². The van der Waals surface area contributed by atoms with Crippen molar-refractivity contribution in [2.45, 2.75) is 32.6 Å². The van der Waals surface area contributed by atoms with Gasteiger partial charge in [0.15, 0.2) is 5.96 Å². The van der Waals surface area contributed by atoms with Crippen molar-refractivity contribution < 1.29 is 4.42 Å². The molecule has 0 amide bonds. The molecule has 1 aliphatic rings. The van der Waals surface area contributed by atoms with Gasteiger partial charge in [0.2, 0.25) is 0 Å². The summed E-state index contributed by atoms with van der Waals surface area (Å²) in [7, 11) is 1.83. The summed E-state index contributed by atoms with van der Waals surface area (Å²) in [6.07, 6.45) is 6.43. The van der Waals surface area contributed by atoms with E-state index in [9.17, 15) is 0 Å². The summed E-state index contributed by atoms with van der Waals surface area (Å²) in [4.78, 5) is 6.87. The largest absolute Gasteiger partial charge is 0.469 e. The SMILES string of the molecule is CCCN1CCC(CNC(=NC)NCCc2ccco2)CC1. The van der Waals surface area contributed by atoms with Gasteiger partial charge in [-0.1, -0.05) is 6.92 Å². The van der Waals surface area contributed by atoms with Gasteiger partial charge >= 0.3 is 0 Å². The smallest absolute Gasteiger partial charge is 0.190 e. The summed E-state index contributed by atoms with van der Waals surface area (Å²) in [6.45, 7) is 7.83. The fourth-order valence-corrected chi connectivity index (χ4v) is 2.95. The van der Waals surface area contributed by atoms with E-state index in [2.05, 4.69) is 27.4 Å². The van der Waals surface area contributed by atoms with E-state index in [1.54, 1.807) is 6.26 Å². The first kappa shape index (κ1) is 16.9. The highest BCUT2D eigenvalue weighted by molar-refractivity contribution is 5.79. The van der Waals surface area contributed by atoms with Crippen molar-refractivity contribution in [2.24, 2.45) is 10.9 Å². The number of guanidine groups is 1. The summed E-state index contributed by atoms with van der Waals surface area (Å²) in [6, 6.07) is 3.93. The van der Waals surface area contributed by atoms with E-state index in [0.29, 0.717) is 0 Å². The molecule has 2 rings (SSSR count). The van der Waals surface area contributed by atoms with Crippen LogP contribution >= 0.6 is 0 Å². The van der Waals surface area contributed by atoms with Crippen molar-refractivity contribution in [1.82, 2.24) is 15.5 Å². The van der Waals surface area contributed by atoms with Crippen LogP contribution in [0.4, 0.5) is 0 Å². The maximum absolute atomic E-state index is 5.33. The molecule has 0 aromatic carbocycles. The molecular formula is C17H30N4O. The third kappa shape index (κ3) is 5.72. The maximum atomic E-state index is 5.33. The Morgan fingerprint density at radius 3 is 2.82 bits per heavy atom. The topological polar surface area (TPSA) is 52.8 Å². The molecule has 0 unspecified atom stereocenters. The Bertz CT molecular complexity index is 422. The Kier molecular flexibility index (Phi) is 7.30. The Balaban J connectivity index is 1.60. The second-order valence-corrected chi connectivity index (χ2v) is 5.99. The standard InChI is InChI=1S/C17H30N4O/c1-3-10-21-11-7-15(8-12-21)14-20-17(18-2)19-9-6-16-5-4-13-22-16/h4-5,13,15H,3,6-12,14H2,1-2H3,(H2,18,19,20). The molecule has 124 valence electrons. The molecule has 0 aliphatic carbocycles. The molecule has 1 fully saturated rings. The van der Waals surface area contributed by atoms with Crippen LogP contribution < -0.4 is 10.6 Å².